The van der Waals surface area contributed by atoms with Crippen LogP contribution in [-0.2, 0) is 0 Å². The van der Waals surface area contributed by atoms with Crippen molar-refractivity contribution in [3.63, 3.8) is 0 Å². The van der Waals surface area contributed by atoms with Crippen LogP contribution in [0, 0.1) is 0 Å². The monoisotopic (exact) mass is 234 g/mol. The molecule has 1 aromatic rings. The zero-order chi connectivity index (χ0) is 12.3. The van der Waals surface area contributed by atoms with Crippen LogP contribution in [0.5, 0.6) is 0 Å². The summed E-state index contributed by atoms with van der Waals surface area (Å²) in [5.41, 5.74) is 0.313. The molecular formula is C13H18N2O2. The van der Waals surface area contributed by atoms with E-state index >= 15 is 0 Å². The maximum Gasteiger partial charge on any atom is 0.339 e. The first kappa shape index (κ1) is 11.9. The summed E-state index contributed by atoms with van der Waals surface area (Å²) in [6.07, 6.45) is 6.18. The summed E-state index contributed by atoms with van der Waals surface area (Å²) in [5.74, 6) is -0.264. The molecule has 1 aromatic heterocycles. The zero-order valence-electron chi connectivity index (χ0n) is 10.1. The van der Waals surface area contributed by atoms with Crippen LogP contribution < -0.4 is 4.90 Å². The highest BCUT2D eigenvalue weighted by Crippen LogP contribution is 2.27. The van der Waals surface area contributed by atoms with Crippen LogP contribution in [0.1, 0.15) is 43.0 Å². The van der Waals surface area contributed by atoms with Gasteiger partial charge in [-0.3, -0.25) is 0 Å². The molecule has 92 valence electrons. The lowest BCUT2D eigenvalue weighted by atomic mass is 9.99. The fourth-order valence-electron chi connectivity index (χ4n) is 2.50. The molecule has 4 heteroatoms. The topological polar surface area (TPSA) is 53.4 Å². The minimum Gasteiger partial charge on any atom is -0.478 e. The lowest BCUT2D eigenvalue weighted by molar-refractivity contribution is 0.0697. The van der Waals surface area contributed by atoms with Gasteiger partial charge in [0.1, 0.15) is 11.4 Å². The van der Waals surface area contributed by atoms with Gasteiger partial charge in [-0.05, 0) is 37.8 Å². The number of nitrogens with zero attached hydrogens (tertiary/aromatic N) is 2. The SMILES string of the molecule is CC[C@H]1CCCCN1c1ncccc1C(=O)O. The molecule has 1 saturated heterocycles. The van der Waals surface area contributed by atoms with E-state index in [1.807, 2.05) is 0 Å². The van der Waals surface area contributed by atoms with Crippen LogP contribution in [0.2, 0.25) is 0 Å². The number of piperidine rings is 1. The van der Waals surface area contributed by atoms with Crippen molar-refractivity contribution in [3.8, 4) is 0 Å². The van der Waals surface area contributed by atoms with Crippen LogP contribution in [0.4, 0.5) is 5.82 Å². The lowest BCUT2D eigenvalue weighted by Gasteiger charge is -2.36. The molecule has 4 nitrogen and oxygen atoms in total. The van der Waals surface area contributed by atoms with Gasteiger partial charge in [0.05, 0.1) is 0 Å². The van der Waals surface area contributed by atoms with E-state index < -0.39 is 5.97 Å². The number of aromatic nitrogens is 1. The van der Waals surface area contributed by atoms with Gasteiger partial charge in [0.25, 0.3) is 0 Å². The predicted octanol–water partition coefficient (Wildman–Crippen LogP) is 2.55. The number of carboxylic acid groups (broad SMARTS) is 1. The second-order valence-corrected chi connectivity index (χ2v) is 4.43. The lowest BCUT2D eigenvalue weighted by Crippen LogP contribution is -2.40. The second kappa shape index (κ2) is 5.17. The molecule has 1 aliphatic heterocycles. The summed E-state index contributed by atoms with van der Waals surface area (Å²) in [6.45, 7) is 3.06. The molecule has 0 radical (unpaired) electrons. The van der Waals surface area contributed by atoms with Gasteiger partial charge >= 0.3 is 5.97 Å². The number of hydrogen-bond donors (Lipinski definition) is 1. The largest absolute Gasteiger partial charge is 0.478 e. The van der Waals surface area contributed by atoms with Crippen LogP contribution in [0.3, 0.4) is 0 Å². The average molecular weight is 234 g/mol. The standard InChI is InChI=1S/C13H18N2O2/c1-2-10-6-3-4-9-15(10)12-11(13(16)17)7-5-8-14-12/h5,7-8,10H,2-4,6,9H2,1H3,(H,16,17)/t10-/m0/s1. The van der Waals surface area contributed by atoms with Crippen molar-refractivity contribution in [2.75, 3.05) is 11.4 Å². The van der Waals surface area contributed by atoms with Gasteiger partial charge in [-0.1, -0.05) is 6.92 Å². The van der Waals surface area contributed by atoms with Gasteiger partial charge in [0.15, 0.2) is 0 Å². The van der Waals surface area contributed by atoms with E-state index in [1.165, 1.54) is 6.42 Å². The number of pyridine rings is 1. The molecule has 0 amide bonds. The Labute approximate surface area is 101 Å². The maximum absolute atomic E-state index is 11.2. The average Bonchev–Trinajstić information content (AvgIpc) is 2.38. The summed E-state index contributed by atoms with van der Waals surface area (Å²) in [4.78, 5) is 17.6. The molecule has 2 heterocycles. The van der Waals surface area contributed by atoms with Gasteiger partial charge in [-0.15, -0.1) is 0 Å². The fraction of sp³-hybridized carbons (Fsp3) is 0.538. The van der Waals surface area contributed by atoms with Gasteiger partial charge in [-0.2, -0.15) is 0 Å². The molecule has 0 aromatic carbocycles. The molecule has 0 bridgehead atoms. The van der Waals surface area contributed by atoms with E-state index in [2.05, 4.69) is 16.8 Å². The molecule has 2 rings (SSSR count). The molecule has 1 N–H and O–H groups in total. The van der Waals surface area contributed by atoms with Crippen molar-refractivity contribution in [2.45, 2.75) is 38.6 Å². The Balaban J connectivity index is 2.34. The molecule has 17 heavy (non-hydrogen) atoms. The molecule has 1 aliphatic rings. The van der Waals surface area contributed by atoms with Crippen LogP contribution >= 0.6 is 0 Å². The van der Waals surface area contributed by atoms with Crippen molar-refractivity contribution in [3.05, 3.63) is 23.9 Å². The summed E-state index contributed by atoms with van der Waals surface area (Å²) in [7, 11) is 0. The quantitative estimate of drug-likeness (QED) is 0.873. The van der Waals surface area contributed by atoms with E-state index in [0.717, 1.165) is 25.8 Å². The number of carboxylic acids is 1. The van der Waals surface area contributed by atoms with E-state index in [9.17, 15) is 9.90 Å². The molecule has 0 unspecified atom stereocenters. The zero-order valence-corrected chi connectivity index (χ0v) is 10.1. The highest BCUT2D eigenvalue weighted by molar-refractivity contribution is 5.93. The van der Waals surface area contributed by atoms with Crippen LogP contribution in [0.25, 0.3) is 0 Å². The van der Waals surface area contributed by atoms with Crippen molar-refractivity contribution >= 4 is 11.8 Å². The number of aromatic carboxylic acids is 1. The third-order valence-electron chi connectivity index (χ3n) is 3.39. The molecule has 0 saturated carbocycles. The Hall–Kier alpha value is -1.58. The van der Waals surface area contributed by atoms with Crippen molar-refractivity contribution in [2.24, 2.45) is 0 Å². The highest BCUT2D eigenvalue weighted by atomic mass is 16.4. The molecule has 0 aliphatic carbocycles. The first-order chi connectivity index (χ1) is 8.24. The Bertz CT molecular complexity index is 406. The summed E-state index contributed by atoms with van der Waals surface area (Å²) < 4.78 is 0. The number of carbonyl (C=O) groups is 1. The number of hydrogen-bond acceptors (Lipinski definition) is 3. The van der Waals surface area contributed by atoms with Crippen LogP contribution in [0.15, 0.2) is 18.3 Å². The van der Waals surface area contributed by atoms with Crippen molar-refractivity contribution < 1.29 is 9.90 Å². The van der Waals surface area contributed by atoms with Crippen molar-refractivity contribution in [1.82, 2.24) is 4.98 Å². The molecular weight excluding hydrogens is 216 g/mol. The summed E-state index contributed by atoms with van der Waals surface area (Å²) in [5, 5.41) is 9.19. The van der Waals surface area contributed by atoms with E-state index in [1.54, 1.807) is 18.3 Å². The molecule has 0 spiro atoms. The van der Waals surface area contributed by atoms with Crippen molar-refractivity contribution in [1.29, 1.82) is 0 Å². The smallest absolute Gasteiger partial charge is 0.339 e. The van der Waals surface area contributed by atoms with Gasteiger partial charge in [0.2, 0.25) is 0 Å². The fourth-order valence-corrected chi connectivity index (χ4v) is 2.50. The number of anilines is 1. The Morgan fingerprint density at radius 3 is 3.12 bits per heavy atom. The van der Waals surface area contributed by atoms with Gasteiger partial charge < -0.3 is 10.0 Å². The summed E-state index contributed by atoms with van der Waals surface area (Å²) >= 11 is 0. The maximum atomic E-state index is 11.2. The van der Waals surface area contributed by atoms with E-state index in [4.69, 9.17) is 0 Å². The third-order valence-corrected chi connectivity index (χ3v) is 3.39. The van der Waals surface area contributed by atoms with Gasteiger partial charge in [0, 0.05) is 18.8 Å². The van der Waals surface area contributed by atoms with Crippen LogP contribution in [-0.4, -0.2) is 28.6 Å². The molecule has 1 atom stereocenters. The van der Waals surface area contributed by atoms with Gasteiger partial charge in [-0.25, -0.2) is 9.78 Å². The minimum absolute atomic E-state index is 0.313. The minimum atomic E-state index is -0.895. The predicted molar refractivity (Wildman–Crippen MR) is 66.5 cm³/mol. The van der Waals surface area contributed by atoms with E-state index in [-0.39, 0.29) is 0 Å². The first-order valence-corrected chi connectivity index (χ1v) is 6.19. The Kier molecular flexibility index (Phi) is 3.61. The van der Waals surface area contributed by atoms with E-state index in [0.29, 0.717) is 17.4 Å². The molecule has 1 fully saturated rings. The Morgan fingerprint density at radius 2 is 2.41 bits per heavy atom. The Morgan fingerprint density at radius 1 is 1.59 bits per heavy atom. The number of rotatable bonds is 3. The first-order valence-electron chi connectivity index (χ1n) is 6.19. The second-order valence-electron chi connectivity index (χ2n) is 4.43. The third kappa shape index (κ3) is 2.40. The summed E-state index contributed by atoms with van der Waals surface area (Å²) in [6, 6.07) is 3.74. The highest BCUT2D eigenvalue weighted by Gasteiger charge is 2.25. The normalized spacial score (nSPS) is 20.3.